The summed E-state index contributed by atoms with van der Waals surface area (Å²) in [5.41, 5.74) is 8.40. The van der Waals surface area contributed by atoms with Gasteiger partial charge in [0.15, 0.2) is 0 Å². The van der Waals surface area contributed by atoms with Gasteiger partial charge >= 0.3 is 0 Å². The van der Waals surface area contributed by atoms with Crippen LogP contribution in [-0.4, -0.2) is 10.2 Å². The van der Waals surface area contributed by atoms with Crippen LogP contribution in [0.5, 0.6) is 5.88 Å². The summed E-state index contributed by atoms with van der Waals surface area (Å²) >= 11 is 0. The first-order valence-electron chi connectivity index (χ1n) is 6.37. The SMILES string of the molecule is CCCc1[nH]nc2c1[C@@H](CCC)C(C#N)=C(N)O2. The average Bonchev–Trinajstić information content (AvgIpc) is 2.73. The fraction of sp³-hybridized carbons (Fsp3) is 0.538. The van der Waals surface area contributed by atoms with Crippen molar-refractivity contribution in [2.24, 2.45) is 5.73 Å². The molecule has 0 amide bonds. The smallest absolute Gasteiger partial charge is 0.243 e. The summed E-state index contributed by atoms with van der Waals surface area (Å²) < 4.78 is 5.43. The van der Waals surface area contributed by atoms with Crippen molar-refractivity contribution < 1.29 is 4.74 Å². The van der Waals surface area contributed by atoms with Gasteiger partial charge in [0.2, 0.25) is 11.8 Å². The molecule has 2 heterocycles. The molecule has 0 spiro atoms. The highest BCUT2D eigenvalue weighted by Crippen LogP contribution is 2.41. The van der Waals surface area contributed by atoms with Crippen molar-refractivity contribution in [1.82, 2.24) is 10.2 Å². The van der Waals surface area contributed by atoms with Crippen molar-refractivity contribution in [3.63, 3.8) is 0 Å². The molecule has 1 aliphatic heterocycles. The Morgan fingerprint density at radius 3 is 2.83 bits per heavy atom. The number of nitrogens with one attached hydrogen (secondary N) is 1. The van der Waals surface area contributed by atoms with E-state index in [0.717, 1.165) is 36.9 Å². The molecule has 0 aromatic carbocycles. The topological polar surface area (TPSA) is 87.7 Å². The van der Waals surface area contributed by atoms with Crippen molar-refractivity contribution in [3.8, 4) is 11.9 Å². The Hall–Kier alpha value is -1.96. The van der Waals surface area contributed by atoms with Gasteiger partial charge in [0.1, 0.15) is 6.07 Å². The number of aryl methyl sites for hydroxylation is 1. The van der Waals surface area contributed by atoms with Gasteiger partial charge in [-0.2, -0.15) is 5.26 Å². The zero-order chi connectivity index (χ0) is 13.1. The van der Waals surface area contributed by atoms with E-state index in [2.05, 4.69) is 30.1 Å². The molecule has 0 fully saturated rings. The number of nitriles is 1. The lowest BCUT2D eigenvalue weighted by atomic mass is 9.86. The van der Waals surface area contributed by atoms with Crippen LogP contribution < -0.4 is 10.5 Å². The zero-order valence-electron chi connectivity index (χ0n) is 10.8. The standard InChI is InChI=1S/C13H18N4O/c1-3-5-8-9(7-14)12(15)18-13-11(8)10(6-4-2)16-17-13/h8H,3-6,15H2,1-2H3,(H,16,17)/t8-/m0/s1. The molecule has 0 radical (unpaired) electrons. The maximum Gasteiger partial charge on any atom is 0.243 e. The van der Waals surface area contributed by atoms with E-state index in [1.165, 1.54) is 0 Å². The van der Waals surface area contributed by atoms with E-state index in [9.17, 15) is 5.26 Å². The summed E-state index contributed by atoms with van der Waals surface area (Å²) in [6, 6.07) is 2.18. The van der Waals surface area contributed by atoms with Gasteiger partial charge in [-0.25, -0.2) is 0 Å². The highest BCUT2D eigenvalue weighted by Gasteiger charge is 2.32. The van der Waals surface area contributed by atoms with Crippen molar-refractivity contribution in [1.29, 1.82) is 5.26 Å². The minimum Gasteiger partial charge on any atom is -0.420 e. The first-order chi connectivity index (χ1) is 8.72. The number of aromatic nitrogens is 2. The molecule has 18 heavy (non-hydrogen) atoms. The molecule has 96 valence electrons. The lowest BCUT2D eigenvalue weighted by Crippen LogP contribution is -2.20. The number of aromatic amines is 1. The van der Waals surface area contributed by atoms with Crippen LogP contribution >= 0.6 is 0 Å². The van der Waals surface area contributed by atoms with E-state index in [4.69, 9.17) is 10.5 Å². The first kappa shape index (κ1) is 12.5. The van der Waals surface area contributed by atoms with Gasteiger partial charge in [0.25, 0.3) is 0 Å². The number of nitrogens with zero attached hydrogens (tertiary/aromatic N) is 2. The predicted molar refractivity (Wildman–Crippen MR) is 67.7 cm³/mol. The van der Waals surface area contributed by atoms with Gasteiger partial charge in [-0.3, -0.25) is 5.10 Å². The second-order valence-corrected chi connectivity index (χ2v) is 4.50. The van der Waals surface area contributed by atoms with Crippen molar-refractivity contribution >= 4 is 0 Å². The van der Waals surface area contributed by atoms with Crippen LogP contribution in [0.25, 0.3) is 0 Å². The number of rotatable bonds is 4. The van der Waals surface area contributed by atoms with Crippen molar-refractivity contribution in [2.75, 3.05) is 0 Å². The van der Waals surface area contributed by atoms with E-state index in [-0.39, 0.29) is 11.8 Å². The number of H-pyrrole nitrogens is 1. The third kappa shape index (κ3) is 1.94. The third-order valence-corrected chi connectivity index (χ3v) is 3.21. The third-order valence-electron chi connectivity index (χ3n) is 3.21. The van der Waals surface area contributed by atoms with E-state index in [1.54, 1.807) is 0 Å². The minimum absolute atomic E-state index is 0.0176. The molecule has 0 aliphatic carbocycles. The molecule has 1 aromatic heterocycles. The fourth-order valence-corrected chi connectivity index (χ4v) is 2.43. The van der Waals surface area contributed by atoms with Gasteiger partial charge in [0.05, 0.1) is 5.57 Å². The molecule has 1 aromatic rings. The van der Waals surface area contributed by atoms with Crippen LogP contribution in [0, 0.1) is 11.3 Å². The summed E-state index contributed by atoms with van der Waals surface area (Å²) in [7, 11) is 0. The lowest BCUT2D eigenvalue weighted by Gasteiger charge is -2.23. The summed E-state index contributed by atoms with van der Waals surface area (Å²) in [6.07, 6.45) is 3.80. The summed E-state index contributed by atoms with van der Waals surface area (Å²) in [5.74, 6) is 0.746. The van der Waals surface area contributed by atoms with Crippen LogP contribution in [0.3, 0.4) is 0 Å². The molecule has 1 aliphatic rings. The number of nitrogens with two attached hydrogens (primary N) is 1. The molecule has 0 saturated heterocycles. The molecule has 0 unspecified atom stereocenters. The summed E-state index contributed by atoms with van der Waals surface area (Å²) in [6.45, 7) is 4.21. The Bertz CT molecular complexity index is 510. The van der Waals surface area contributed by atoms with Crippen LogP contribution in [0.2, 0.25) is 0 Å². The van der Waals surface area contributed by atoms with Crippen molar-refractivity contribution in [3.05, 3.63) is 22.7 Å². The zero-order valence-corrected chi connectivity index (χ0v) is 10.8. The molecule has 3 N–H and O–H groups in total. The quantitative estimate of drug-likeness (QED) is 0.853. The normalized spacial score (nSPS) is 18.2. The van der Waals surface area contributed by atoms with E-state index in [0.29, 0.717) is 11.5 Å². The van der Waals surface area contributed by atoms with Gasteiger partial charge in [0, 0.05) is 17.2 Å². The fourth-order valence-electron chi connectivity index (χ4n) is 2.43. The van der Waals surface area contributed by atoms with Crippen molar-refractivity contribution in [2.45, 2.75) is 45.4 Å². The van der Waals surface area contributed by atoms with E-state index < -0.39 is 0 Å². The minimum atomic E-state index is 0.0176. The molecule has 2 rings (SSSR count). The molecule has 0 saturated carbocycles. The van der Waals surface area contributed by atoms with Gasteiger partial charge < -0.3 is 10.5 Å². The highest BCUT2D eigenvalue weighted by atomic mass is 16.5. The van der Waals surface area contributed by atoms with Crippen LogP contribution in [0.4, 0.5) is 0 Å². The molecule has 5 nitrogen and oxygen atoms in total. The molecule has 0 bridgehead atoms. The Labute approximate surface area is 107 Å². The lowest BCUT2D eigenvalue weighted by molar-refractivity contribution is 0.371. The number of hydrogen-bond acceptors (Lipinski definition) is 4. The van der Waals surface area contributed by atoms with E-state index in [1.807, 2.05) is 0 Å². The maximum atomic E-state index is 9.24. The Morgan fingerprint density at radius 1 is 1.44 bits per heavy atom. The monoisotopic (exact) mass is 246 g/mol. The first-order valence-corrected chi connectivity index (χ1v) is 6.37. The molecule has 1 atom stereocenters. The maximum absolute atomic E-state index is 9.24. The number of ether oxygens (including phenoxy) is 1. The molecule has 5 heteroatoms. The number of hydrogen-bond donors (Lipinski definition) is 2. The van der Waals surface area contributed by atoms with Crippen LogP contribution in [0.1, 0.15) is 50.3 Å². The second-order valence-electron chi connectivity index (χ2n) is 4.50. The average molecular weight is 246 g/mol. The second kappa shape index (κ2) is 5.13. The molecular weight excluding hydrogens is 228 g/mol. The highest BCUT2D eigenvalue weighted by molar-refractivity contribution is 5.48. The van der Waals surface area contributed by atoms with E-state index >= 15 is 0 Å². The van der Waals surface area contributed by atoms with Crippen LogP contribution in [0.15, 0.2) is 11.5 Å². The van der Waals surface area contributed by atoms with Crippen LogP contribution in [-0.2, 0) is 6.42 Å². The summed E-state index contributed by atoms with van der Waals surface area (Å²) in [5, 5.41) is 16.4. The Kier molecular flexibility index (Phi) is 3.56. The number of allylic oxidation sites excluding steroid dienone is 1. The number of fused-ring (bicyclic) bond motifs is 1. The Morgan fingerprint density at radius 2 is 2.22 bits per heavy atom. The Balaban J connectivity index is 2.47. The molecular formula is C13H18N4O. The van der Waals surface area contributed by atoms with Gasteiger partial charge in [-0.15, -0.1) is 5.10 Å². The summed E-state index contributed by atoms with van der Waals surface area (Å²) in [4.78, 5) is 0. The van der Waals surface area contributed by atoms with Gasteiger partial charge in [-0.1, -0.05) is 26.7 Å². The van der Waals surface area contributed by atoms with Gasteiger partial charge in [-0.05, 0) is 12.8 Å². The largest absolute Gasteiger partial charge is 0.420 e. The predicted octanol–water partition coefficient (Wildman–Crippen LogP) is 2.33.